The third-order valence-corrected chi connectivity index (χ3v) is 5.13. The van der Waals surface area contributed by atoms with E-state index in [1.165, 1.54) is 22.3 Å². The van der Waals surface area contributed by atoms with Gasteiger partial charge >= 0.3 is 5.97 Å². The van der Waals surface area contributed by atoms with Crippen molar-refractivity contribution in [2.24, 2.45) is 17.1 Å². The Bertz CT molecular complexity index is 790. The van der Waals surface area contributed by atoms with E-state index in [0.29, 0.717) is 0 Å². The van der Waals surface area contributed by atoms with Crippen molar-refractivity contribution in [2.75, 3.05) is 6.61 Å². The Hall–Kier alpha value is -2.62. The molecule has 0 spiro atoms. The summed E-state index contributed by atoms with van der Waals surface area (Å²) >= 11 is 0. The first-order valence-corrected chi connectivity index (χ1v) is 8.92. The van der Waals surface area contributed by atoms with Crippen molar-refractivity contribution in [3.05, 3.63) is 59.7 Å². The molecular formula is C22H25NO3. The van der Waals surface area contributed by atoms with Crippen LogP contribution >= 0.6 is 0 Å². The van der Waals surface area contributed by atoms with Gasteiger partial charge in [0.05, 0.1) is 12.3 Å². The zero-order valence-corrected chi connectivity index (χ0v) is 15.5. The normalized spacial score (nSPS) is 14.4. The summed E-state index contributed by atoms with van der Waals surface area (Å²) < 4.78 is 5.57. The van der Waals surface area contributed by atoms with Crippen LogP contribution in [0.1, 0.15) is 44.2 Å². The number of esters is 1. The first-order chi connectivity index (χ1) is 12.3. The number of hydrogen-bond acceptors (Lipinski definition) is 3. The van der Waals surface area contributed by atoms with Crippen LogP contribution in [0.3, 0.4) is 0 Å². The Morgan fingerprint density at radius 3 is 1.96 bits per heavy atom. The van der Waals surface area contributed by atoms with Gasteiger partial charge < -0.3 is 10.5 Å². The minimum absolute atomic E-state index is 0.00878. The second-order valence-electron chi connectivity index (χ2n) is 7.94. The van der Waals surface area contributed by atoms with Crippen molar-refractivity contribution in [1.29, 1.82) is 0 Å². The third kappa shape index (κ3) is 3.50. The molecule has 2 aromatic carbocycles. The molecule has 0 saturated heterocycles. The van der Waals surface area contributed by atoms with E-state index < -0.39 is 11.8 Å². The fourth-order valence-corrected chi connectivity index (χ4v) is 3.67. The van der Waals surface area contributed by atoms with E-state index in [9.17, 15) is 9.59 Å². The molecule has 4 nitrogen and oxygen atoms in total. The van der Waals surface area contributed by atoms with Gasteiger partial charge in [-0.25, -0.2) is 0 Å². The molecule has 1 aliphatic carbocycles. The molecule has 0 bridgehead atoms. The minimum atomic E-state index is -0.543. The van der Waals surface area contributed by atoms with Crippen LogP contribution in [-0.4, -0.2) is 18.5 Å². The molecule has 2 N–H and O–H groups in total. The summed E-state index contributed by atoms with van der Waals surface area (Å²) in [6, 6.07) is 16.4. The maximum absolute atomic E-state index is 12.4. The molecule has 0 aromatic heterocycles. The van der Waals surface area contributed by atoms with Crippen LogP contribution in [-0.2, 0) is 14.3 Å². The van der Waals surface area contributed by atoms with Gasteiger partial charge in [-0.2, -0.15) is 0 Å². The number of nitrogens with two attached hydrogens (primary N) is 1. The molecule has 4 heteroatoms. The standard InChI is InChI=1S/C22H25NO3/c1-22(2,3)19(21(23)25)12-20(24)26-13-18-16-10-6-4-8-14(16)15-9-5-7-11-17(15)18/h4-11,18-19H,12-13H2,1-3H3,(H2,23,25)/t19-/m1/s1. The van der Waals surface area contributed by atoms with Crippen LogP contribution in [0.4, 0.5) is 0 Å². The molecule has 0 heterocycles. The molecule has 3 rings (SSSR count). The third-order valence-electron chi connectivity index (χ3n) is 5.13. The smallest absolute Gasteiger partial charge is 0.306 e. The van der Waals surface area contributed by atoms with E-state index in [0.717, 1.165) is 0 Å². The largest absolute Gasteiger partial charge is 0.465 e. The van der Waals surface area contributed by atoms with E-state index in [4.69, 9.17) is 10.5 Å². The van der Waals surface area contributed by atoms with Crippen molar-refractivity contribution in [3.63, 3.8) is 0 Å². The van der Waals surface area contributed by atoms with E-state index in [-0.39, 0.29) is 30.3 Å². The van der Waals surface area contributed by atoms with Crippen LogP contribution < -0.4 is 5.73 Å². The van der Waals surface area contributed by atoms with E-state index in [1.807, 2.05) is 45.0 Å². The average Bonchev–Trinajstić information content (AvgIpc) is 2.91. The molecule has 1 aliphatic rings. The highest BCUT2D eigenvalue weighted by atomic mass is 16.5. The molecule has 136 valence electrons. The molecule has 0 aliphatic heterocycles. The van der Waals surface area contributed by atoms with Crippen molar-refractivity contribution in [2.45, 2.75) is 33.1 Å². The van der Waals surface area contributed by atoms with Gasteiger partial charge in [-0.3, -0.25) is 9.59 Å². The summed E-state index contributed by atoms with van der Waals surface area (Å²) in [5.74, 6) is -1.37. The lowest BCUT2D eigenvalue weighted by atomic mass is 9.78. The molecule has 2 aromatic rings. The number of hydrogen-bond donors (Lipinski definition) is 1. The monoisotopic (exact) mass is 351 g/mol. The predicted molar refractivity (Wildman–Crippen MR) is 101 cm³/mol. The van der Waals surface area contributed by atoms with E-state index >= 15 is 0 Å². The highest BCUT2D eigenvalue weighted by Gasteiger charge is 2.33. The highest BCUT2D eigenvalue weighted by molar-refractivity contribution is 5.83. The number of rotatable bonds is 5. The van der Waals surface area contributed by atoms with Crippen LogP contribution in [0.25, 0.3) is 11.1 Å². The van der Waals surface area contributed by atoms with Crippen LogP contribution in [0.2, 0.25) is 0 Å². The van der Waals surface area contributed by atoms with Gasteiger partial charge in [0.25, 0.3) is 0 Å². The first kappa shape index (κ1) is 18.2. The van der Waals surface area contributed by atoms with Crippen molar-refractivity contribution < 1.29 is 14.3 Å². The van der Waals surface area contributed by atoms with Crippen LogP contribution in [0, 0.1) is 11.3 Å². The van der Waals surface area contributed by atoms with Gasteiger partial charge in [0, 0.05) is 5.92 Å². The minimum Gasteiger partial charge on any atom is -0.465 e. The van der Waals surface area contributed by atoms with E-state index in [1.54, 1.807) is 0 Å². The van der Waals surface area contributed by atoms with E-state index in [2.05, 4.69) is 24.3 Å². The molecule has 0 radical (unpaired) electrons. The number of ether oxygens (including phenoxy) is 1. The summed E-state index contributed by atoms with van der Waals surface area (Å²) in [5.41, 5.74) is 9.81. The number of benzene rings is 2. The molecule has 1 atom stereocenters. The Morgan fingerprint density at radius 1 is 1.00 bits per heavy atom. The maximum atomic E-state index is 12.4. The lowest BCUT2D eigenvalue weighted by Crippen LogP contribution is -2.36. The van der Waals surface area contributed by atoms with Gasteiger partial charge in [0.2, 0.25) is 5.91 Å². The SMILES string of the molecule is CC(C)(C)[C@H](CC(=O)OCC1c2ccccc2-c2ccccc21)C(N)=O. The highest BCUT2D eigenvalue weighted by Crippen LogP contribution is 2.44. The number of amides is 1. The lowest BCUT2D eigenvalue weighted by Gasteiger charge is -2.27. The Kier molecular flexibility index (Phi) is 4.86. The molecule has 1 amide bonds. The number of primary amides is 1. The number of fused-ring (bicyclic) bond motifs is 3. The quantitative estimate of drug-likeness (QED) is 0.831. The lowest BCUT2D eigenvalue weighted by molar-refractivity contribution is -0.148. The summed E-state index contributed by atoms with van der Waals surface area (Å²) in [7, 11) is 0. The Morgan fingerprint density at radius 2 is 1.50 bits per heavy atom. The van der Waals surface area contributed by atoms with Gasteiger partial charge in [0.15, 0.2) is 0 Å². The molecule has 26 heavy (non-hydrogen) atoms. The molecule has 0 fully saturated rings. The fraction of sp³-hybridized carbons (Fsp3) is 0.364. The van der Waals surface area contributed by atoms with Crippen molar-refractivity contribution >= 4 is 11.9 Å². The molecule has 0 unspecified atom stereocenters. The summed E-state index contributed by atoms with van der Waals surface area (Å²) in [4.78, 5) is 24.0. The Balaban J connectivity index is 1.74. The Labute approximate surface area is 154 Å². The number of carbonyl (C=O) groups is 2. The summed E-state index contributed by atoms with van der Waals surface area (Å²) in [6.07, 6.45) is 0.00878. The average molecular weight is 351 g/mol. The van der Waals surface area contributed by atoms with Crippen LogP contribution in [0.15, 0.2) is 48.5 Å². The summed E-state index contributed by atoms with van der Waals surface area (Å²) in [6.45, 7) is 5.97. The van der Waals surface area contributed by atoms with Crippen LogP contribution in [0.5, 0.6) is 0 Å². The van der Waals surface area contributed by atoms with Gasteiger partial charge in [-0.05, 0) is 27.7 Å². The molecule has 0 saturated carbocycles. The van der Waals surface area contributed by atoms with Gasteiger partial charge in [0.1, 0.15) is 6.61 Å². The topological polar surface area (TPSA) is 69.4 Å². The van der Waals surface area contributed by atoms with Crippen molar-refractivity contribution in [3.8, 4) is 11.1 Å². The van der Waals surface area contributed by atoms with Gasteiger partial charge in [-0.15, -0.1) is 0 Å². The zero-order chi connectivity index (χ0) is 18.9. The fourth-order valence-electron chi connectivity index (χ4n) is 3.67. The predicted octanol–water partition coefficient (Wildman–Crippen LogP) is 3.88. The second-order valence-corrected chi connectivity index (χ2v) is 7.94. The zero-order valence-electron chi connectivity index (χ0n) is 15.5. The molecular weight excluding hydrogens is 326 g/mol. The summed E-state index contributed by atoms with van der Waals surface area (Å²) in [5, 5.41) is 0. The van der Waals surface area contributed by atoms with Crippen molar-refractivity contribution in [1.82, 2.24) is 0 Å². The second kappa shape index (κ2) is 6.94. The van der Waals surface area contributed by atoms with Gasteiger partial charge in [-0.1, -0.05) is 69.3 Å². The number of carbonyl (C=O) groups excluding carboxylic acids is 2. The first-order valence-electron chi connectivity index (χ1n) is 8.92. The maximum Gasteiger partial charge on any atom is 0.306 e.